The zero-order chi connectivity index (χ0) is 25.2. The fraction of sp³-hybridized carbons (Fsp3) is 0.0323. The molecule has 6 rings (SSSR count). The lowest BCUT2D eigenvalue weighted by molar-refractivity contribution is 0.415. The van der Waals surface area contributed by atoms with Gasteiger partial charge >= 0.3 is 0 Å². The van der Waals surface area contributed by atoms with Crippen molar-refractivity contribution < 1.29 is 4.74 Å². The average Bonchev–Trinajstić information content (AvgIpc) is 3.62. The van der Waals surface area contributed by atoms with E-state index in [0.717, 1.165) is 45.2 Å². The van der Waals surface area contributed by atoms with Crippen molar-refractivity contribution in [1.82, 2.24) is 20.0 Å². The van der Waals surface area contributed by atoms with Crippen molar-refractivity contribution in [1.29, 1.82) is 0 Å². The van der Waals surface area contributed by atoms with Crippen molar-refractivity contribution in [2.75, 3.05) is 7.11 Å². The number of nitrogens with one attached hydrogen (secondary N) is 1. The molecule has 180 valence electrons. The van der Waals surface area contributed by atoms with Crippen LogP contribution >= 0.6 is 11.6 Å². The number of methoxy groups -OCH3 is 1. The second-order valence-electron chi connectivity index (χ2n) is 8.65. The summed E-state index contributed by atoms with van der Waals surface area (Å²) in [6, 6.07) is 36.4. The molecule has 0 unspecified atom stereocenters. The molecule has 2 aromatic heterocycles. The molecule has 4 aromatic carbocycles. The molecule has 0 aliphatic carbocycles. The lowest BCUT2D eigenvalue weighted by atomic mass is 10.0. The van der Waals surface area contributed by atoms with Crippen molar-refractivity contribution in [3.63, 3.8) is 0 Å². The van der Waals surface area contributed by atoms with Gasteiger partial charge in [0.1, 0.15) is 11.4 Å². The number of H-pyrrole nitrogens is 1. The number of aromatic nitrogens is 4. The molecule has 0 atom stereocenters. The predicted molar refractivity (Wildman–Crippen MR) is 149 cm³/mol. The standard InChI is InChI=1S/C31H23ClN4O/c1-37-27-17-11-24(12-18-27)31-28(20-36(35-31)26-15-13-25(32)14-16-26)30-19-29(33-34-30)23-9-7-22(8-10-23)21-5-3-2-4-6-21/h2-20H,1H3,(H,33,34). The van der Waals surface area contributed by atoms with Crippen LogP contribution in [0.1, 0.15) is 0 Å². The second kappa shape index (κ2) is 9.80. The van der Waals surface area contributed by atoms with Gasteiger partial charge in [0.2, 0.25) is 0 Å². The lowest BCUT2D eigenvalue weighted by Gasteiger charge is -2.03. The van der Waals surface area contributed by atoms with E-state index in [0.29, 0.717) is 5.02 Å². The number of ether oxygens (including phenoxy) is 1. The third-order valence-corrected chi connectivity index (χ3v) is 6.58. The van der Waals surface area contributed by atoms with Crippen LogP contribution < -0.4 is 4.74 Å². The maximum atomic E-state index is 6.11. The van der Waals surface area contributed by atoms with E-state index in [1.54, 1.807) is 7.11 Å². The van der Waals surface area contributed by atoms with Gasteiger partial charge in [-0.3, -0.25) is 5.10 Å². The SMILES string of the molecule is COc1ccc(-c2nn(-c3ccc(Cl)cc3)cc2-c2cc(-c3ccc(-c4ccccc4)cc3)n[nH]2)cc1. The van der Waals surface area contributed by atoms with Crippen LogP contribution in [0.5, 0.6) is 5.75 Å². The van der Waals surface area contributed by atoms with Gasteiger partial charge in [-0.1, -0.05) is 66.2 Å². The van der Waals surface area contributed by atoms with E-state index < -0.39 is 0 Å². The minimum atomic E-state index is 0.683. The van der Waals surface area contributed by atoms with Crippen LogP contribution in [-0.4, -0.2) is 27.1 Å². The number of rotatable bonds is 6. The molecule has 0 aliphatic heterocycles. The van der Waals surface area contributed by atoms with Gasteiger partial charge in [0, 0.05) is 27.9 Å². The molecule has 0 spiro atoms. The molecule has 6 heteroatoms. The van der Waals surface area contributed by atoms with Gasteiger partial charge in [0.05, 0.1) is 24.2 Å². The van der Waals surface area contributed by atoms with Crippen molar-refractivity contribution in [3.05, 3.63) is 120 Å². The fourth-order valence-electron chi connectivity index (χ4n) is 4.33. The molecular weight excluding hydrogens is 480 g/mol. The number of aromatic amines is 1. The van der Waals surface area contributed by atoms with Crippen LogP contribution in [0.2, 0.25) is 5.02 Å². The summed E-state index contributed by atoms with van der Waals surface area (Å²) < 4.78 is 7.20. The summed E-state index contributed by atoms with van der Waals surface area (Å²) in [5.41, 5.74) is 8.84. The Kier molecular flexibility index (Phi) is 6.05. The first kappa shape index (κ1) is 22.8. The van der Waals surface area contributed by atoms with Gasteiger partial charge in [-0.05, 0) is 65.7 Å². The largest absolute Gasteiger partial charge is 0.497 e. The van der Waals surface area contributed by atoms with Gasteiger partial charge in [0.15, 0.2) is 0 Å². The number of hydrogen-bond donors (Lipinski definition) is 1. The summed E-state index contributed by atoms with van der Waals surface area (Å²) >= 11 is 6.11. The highest BCUT2D eigenvalue weighted by molar-refractivity contribution is 6.30. The highest BCUT2D eigenvalue weighted by Crippen LogP contribution is 2.34. The van der Waals surface area contributed by atoms with Crippen LogP contribution in [0.4, 0.5) is 0 Å². The van der Waals surface area contributed by atoms with Crippen LogP contribution in [0.15, 0.2) is 115 Å². The topological polar surface area (TPSA) is 55.7 Å². The van der Waals surface area contributed by atoms with Crippen LogP contribution in [0.3, 0.4) is 0 Å². The van der Waals surface area contributed by atoms with Crippen LogP contribution in [0.25, 0.3) is 50.6 Å². The molecule has 0 fully saturated rings. The van der Waals surface area contributed by atoms with Gasteiger partial charge in [-0.15, -0.1) is 0 Å². The van der Waals surface area contributed by atoms with Gasteiger partial charge < -0.3 is 4.74 Å². The maximum absolute atomic E-state index is 6.11. The van der Waals surface area contributed by atoms with Gasteiger partial charge in [-0.2, -0.15) is 10.2 Å². The number of hydrogen-bond acceptors (Lipinski definition) is 3. The molecule has 0 radical (unpaired) electrons. The Bertz CT molecular complexity index is 1640. The zero-order valence-electron chi connectivity index (χ0n) is 20.1. The maximum Gasteiger partial charge on any atom is 0.118 e. The Morgan fingerprint density at radius 3 is 2.08 bits per heavy atom. The molecule has 0 saturated heterocycles. The van der Waals surface area contributed by atoms with Gasteiger partial charge in [-0.25, -0.2) is 4.68 Å². The first-order chi connectivity index (χ1) is 18.2. The highest BCUT2D eigenvalue weighted by atomic mass is 35.5. The highest BCUT2D eigenvalue weighted by Gasteiger charge is 2.17. The Labute approximate surface area is 220 Å². The minimum absolute atomic E-state index is 0.683. The molecule has 1 N–H and O–H groups in total. The molecule has 0 bridgehead atoms. The number of halogens is 1. The average molecular weight is 503 g/mol. The molecule has 37 heavy (non-hydrogen) atoms. The Morgan fingerprint density at radius 2 is 1.38 bits per heavy atom. The summed E-state index contributed by atoms with van der Waals surface area (Å²) in [6.45, 7) is 0. The fourth-order valence-corrected chi connectivity index (χ4v) is 4.46. The summed E-state index contributed by atoms with van der Waals surface area (Å²) in [6.07, 6.45) is 2.01. The first-order valence-electron chi connectivity index (χ1n) is 11.9. The molecule has 2 heterocycles. The van der Waals surface area contributed by atoms with E-state index >= 15 is 0 Å². The zero-order valence-corrected chi connectivity index (χ0v) is 20.9. The van der Waals surface area contributed by atoms with E-state index in [1.807, 2.05) is 77.6 Å². The van der Waals surface area contributed by atoms with Crippen molar-refractivity contribution >= 4 is 11.6 Å². The molecular formula is C31H23ClN4O. The predicted octanol–water partition coefficient (Wildman–Crippen LogP) is 7.93. The van der Waals surface area contributed by atoms with Crippen molar-refractivity contribution in [2.24, 2.45) is 0 Å². The molecule has 6 aromatic rings. The monoisotopic (exact) mass is 502 g/mol. The lowest BCUT2D eigenvalue weighted by Crippen LogP contribution is -1.94. The molecule has 0 aliphatic rings. The van der Waals surface area contributed by atoms with E-state index in [4.69, 9.17) is 21.4 Å². The summed E-state index contributed by atoms with van der Waals surface area (Å²) in [4.78, 5) is 0. The second-order valence-corrected chi connectivity index (χ2v) is 9.09. The Balaban J connectivity index is 1.38. The van der Waals surface area contributed by atoms with Gasteiger partial charge in [0.25, 0.3) is 0 Å². The quantitative estimate of drug-likeness (QED) is 0.251. The summed E-state index contributed by atoms with van der Waals surface area (Å²) in [5.74, 6) is 0.796. The third kappa shape index (κ3) is 4.65. The summed E-state index contributed by atoms with van der Waals surface area (Å²) in [5, 5.41) is 13.5. The third-order valence-electron chi connectivity index (χ3n) is 6.32. The van der Waals surface area contributed by atoms with E-state index in [2.05, 4.69) is 52.7 Å². The molecule has 5 nitrogen and oxygen atoms in total. The van der Waals surface area contributed by atoms with E-state index in [1.165, 1.54) is 11.1 Å². The normalized spacial score (nSPS) is 11.0. The van der Waals surface area contributed by atoms with Crippen LogP contribution in [0, 0.1) is 0 Å². The summed E-state index contributed by atoms with van der Waals surface area (Å²) in [7, 11) is 1.66. The minimum Gasteiger partial charge on any atom is -0.497 e. The number of benzene rings is 4. The smallest absolute Gasteiger partial charge is 0.118 e. The van der Waals surface area contributed by atoms with Crippen molar-refractivity contribution in [2.45, 2.75) is 0 Å². The van der Waals surface area contributed by atoms with E-state index in [9.17, 15) is 0 Å². The molecule has 0 saturated carbocycles. The molecule has 0 amide bonds. The first-order valence-corrected chi connectivity index (χ1v) is 12.3. The number of nitrogens with zero attached hydrogens (tertiary/aromatic N) is 3. The van der Waals surface area contributed by atoms with Crippen molar-refractivity contribution in [3.8, 4) is 56.3 Å². The Morgan fingerprint density at radius 1 is 0.730 bits per heavy atom. The van der Waals surface area contributed by atoms with Crippen LogP contribution in [-0.2, 0) is 0 Å². The van der Waals surface area contributed by atoms with E-state index in [-0.39, 0.29) is 0 Å². The Hall–Kier alpha value is -4.61.